The fourth-order valence-electron chi connectivity index (χ4n) is 1.92. The number of aromatic amines is 1. The Bertz CT molecular complexity index is 542. The van der Waals surface area contributed by atoms with Gasteiger partial charge in [0.1, 0.15) is 6.61 Å². The molecule has 112 valence electrons. The number of rotatable bonds is 6. The minimum absolute atomic E-state index is 0.229. The molecule has 1 heterocycles. The normalized spacial score (nSPS) is 12.1. The molecule has 7 nitrogen and oxygen atoms in total. The fourth-order valence-corrected chi connectivity index (χ4v) is 1.92. The lowest BCUT2D eigenvalue weighted by Crippen LogP contribution is -2.30. The number of amides is 1. The first-order valence-corrected chi connectivity index (χ1v) is 6.85. The summed E-state index contributed by atoms with van der Waals surface area (Å²) < 4.78 is 5.20. The van der Waals surface area contributed by atoms with Crippen LogP contribution in [0, 0.1) is 5.92 Å². The SMILES string of the molecule is CC(C)C[C@H](NC(=O)OCc1ccccc1)c1nn[nH]n1. The van der Waals surface area contributed by atoms with Gasteiger partial charge < -0.3 is 10.1 Å². The summed E-state index contributed by atoms with van der Waals surface area (Å²) in [7, 11) is 0. The minimum atomic E-state index is -0.491. The number of benzene rings is 1. The van der Waals surface area contributed by atoms with E-state index in [9.17, 15) is 4.79 Å². The van der Waals surface area contributed by atoms with Crippen molar-refractivity contribution >= 4 is 6.09 Å². The highest BCUT2D eigenvalue weighted by Gasteiger charge is 2.20. The Morgan fingerprint density at radius 2 is 2.10 bits per heavy atom. The van der Waals surface area contributed by atoms with Crippen molar-refractivity contribution in [3.63, 3.8) is 0 Å². The zero-order chi connectivity index (χ0) is 15.1. The maximum absolute atomic E-state index is 11.9. The molecule has 0 aliphatic heterocycles. The highest BCUT2D eigenvalue weighted by Crippen LogP contribution is 2.17. The van der Waals surface area contributed by atoms with Gasteiger partial charge in [0, 0.05) is 0 Å². The van der Waals surface area contributed by atoms with E-state index in [0.29, 0.717) is 18.2 Å². The van der Waals surface area contributed by atoms with Crippen molar-refractivity contribution in [2.45, 2.75) is 32.9 Å². The van der Waals surface area contributed by atoms with Crippen molar-refractivity contribution in [1.82, 2.24) is 25.9 Å². The van der Waals surface area contributed by atoms with Crippen LogP contribution in [-0.2, 0) is 11.3 Å². The van der Waals surface area contributed by atoms with Gasteiger partial charge >= 0.3 is 6.09 Å². The zero-order valence-electron chi connectivity index (χ0n) is 12.1. The number of tetrazole rings is 1. The Morgan fingerprint density at radius 3 is 2.71 bits per heavy atom. The average molecular weight is 289 g/mol. The first-order valence-electron chi connectivity index (χ1n) is 6.85. The number of nitrogens with zero attached hydrogens (tertiary/aromatic N) is 3. The predicted molar refractivity (Wildman–Crippen MR) is 76.1 cm³/mol. The molecule has 2 N–H and O–H groups in total. The topological polar surface area (TPSA) is 92.8 Å². The molecule has 0 radical (unpaired) electrons. The summed E-state index contributed by atoms with van der Waals surface area (Å²) in [6.45, 7) is 4.35. The van der Waals surface area contributed by atoms with Crippen LogP contribution in [0.15, 0.2) is 30.3 Å². The van der Waals surface area contributed by atoms with Gasteiger partial charge in [0.2, 0.25) is 0 Å². The number of H-pyrrole nitrogens is 1. The summed E-state index contributed by atoms with van der Waals surface area (Å²) in [5.74, 6) is 0.836. The number of carbonyl (C=O) groups is 1. The van der Waals surface area contributed by atoms with Gasteiger partial charge in [-0.1, -0.05) is 49.4 Å². The van der Waals surface area contributed by atoms with Gasteiger partial charge in [0.25, 0.3) is 0 Å². The third kappa shape index (κ3) is 4.87. The Kier molecular flexibility index (Phi) is 5.25. The largest absolute Gasteiger partial charge is 0.445 e. The molecule has 7 heteroatoms. The second-order valence-electron chi connectivity index (χ2n) is 5.16. The van der Waals surface area contributed by atoms with Crippen LogP contribution in [0.5, 0.6) is 0 Å². The smallest absolute Gasteiger partial charge is 0.408 e. The highest BCUT2D eigenvalue weighted by molar-refractivity contribution is 5.67. The summed E-state index contributed by atoms with van der Waals surface area (Å²) in [5, 5.41) is 16.5. The van der Waals surface area contributed by atoms with Crippen molar-refractivity contribution in [3.8, 4) is 0 Å². The number of hydrogen-bond acceptors (Lipinski definition) is 5. The Balaban J connectivity index is 1.89. The van der Waals surface area contributed by atoms with Gasteiger partial charge in [0.05, 0.1) is 6.04 Å². The molecule has 0 spiro atoms. The number of carbonyl (C=O) groups excluding carboxylic acids is 1. The van der Waals surface area contributed by atoms with Crippen LogP contribution in [0.3, 0.4) is 0 Å². The quantitative estimate of drug-likeness (QED) is 0.850. The van der Waals surface area contributed by atoms with E-state index in [1.54, 1.807) is 0 Å². The van der Waals surface area contributed by atoms with E-state index in [1.807, 2.05) is 30.3 Å². The van der Waals surface area contributed by atoms with Crippen molar-refractivity contribution in [3.05, 3.63) is 41.7 Å². The van der Waals surface area contributed by atoms with Gasteiger partial charge in [-0.3, -0.25) is 0 Å². The third-order valence-corrected chi connectivity index (χ3v) is 2.89. The van der Waals surface area contributed by atoms with E-state index in [0.717, 1.165) is 5.56 Å². The van der Waals surface area contributed by atoms with Gasteiger partial charge in [-0.15, -0.1) is 10.2 Å². The van der Waals surface area contributed by atoms with E-state index < -0.39 is 6.09 Å². The van der Waals surface area contributed by atoms with E-state index in [1.165, 1.54) is 0 Å². The molecule has 0 bridgehead atoms. The maximum atomic E-state index is 11.9. The molecule has 0 fully saturated rings. The molecule has 1 atom stereocenters. The maximum Gasteiger partial charge on any atom is 0.408 e. The van der Waals surface area contributed by atoms with Crippen LogP contribution in [0.2, 0.25) is 0 Å². The summed E-state index contributed by atoms with van der Waals surface area (Å²) >= 11 is 0. The van der Waals surface area contributed by atoms with Crippen LogP contribution < -0.4 is 5.32 Å². The van der Waals surface area contributed by atoms with Gasteiger partial charge in [-0.2, -0.15) is 5.21 Å². The lowest BCUT2D eigenvalue weighted by molar-refractivity contribution is 0.133. The van der Waals surface area contributed by atoms with Crippen LogP contribution in [0.1, 0.15) is 37.7 Å². The molecule has 2 aromatic rings. The lowest BCUT2D eigenvalue weighted by Gasteiger charge is -2.17. The number of hydrogen-bond donors (Lipinski definition) is 2. The van der Waals surface area contributed by atoms with Crippen LogP contribution >= 0.6 is 0 Å². The highest BCUT2D eigenvalue weighted by atomic mass is 16.5. The number of alkyl carbamates (subject to hydrolysis) is 1. The molecule has 0 saturated heterocycles. The van der Waals surface area contributed by atoms with Crippen LogP contribution in [-0.4, -0.2) is 26.7 Å². The standard InChI is InChI=1S/C14H19N5O2/c1-10(2)8-12(13-16-18-19-17-13)15-14(20)21-9-11-6-4-3-5-7-11/h3-7,10,12H,8-9H2,1-2H3,(H,15,20)(H,16,17,18,19)/t12-/m0/s1. The third-order valence-electron chi connectivity index (χ3n) is 2.89. The van der Waals surface area contributed by atoms with Gasteiger partial charge in [0.15, 0.2) is 5.82 Å². The Hall–Kier alpha value is -2.44. The zero-order valence-corrected chi connectivity index (χ0v) is 12.1. The van der Waals surface area contributed by atoms with E-state index in [2.05, 4.69) is 39.8 Å². The molecule has 1 amide bonds. The second kappa shape index (κ2) is 7.37. The summed E-state index contributed by atoms with van der Waals surface area (Å²) in [4.78, 5) is 11.9. The molecule has 1 aromatic heterocycles. The summed E-state index contributed by atoms with van der Waals surface area (Å²) in [6.07, 6.45) is 0.217. The predicted octanol–water partition coefficient (Wildman–Crippen LogP) is 2.21. The van der Waals surface area contributed by atoms with Crippen LogP contribution in [0.25, 0.3) is 0 Å². The summed E-state index contributed by atoms with van der Waals surface area (Å²) in [5.41, 5.74) is 0.938. The molecule has 2 rings (SSSR count). The average Bonchev–Trinajstić information content (AvgIpc) is 2.99. The Morgan fingerprint density at radius 1 is 1.33 bits per heavy atom. The van der Waals surface area contributed by atoms with E-state index in [-0.39, 0.29) is 12.6 Å². The van der Waals surface area contributed by atoms with Crippen molar-refractivity contribution < 1.29 is 9.53 Å². The molecule has 1 aromatic carbocycles. The minimum Gasteiger partial charge on any atom is -0.445 e. The van der Waals surface area contributed by atoms with Gasteiger partial charge in [-0.25, -0.2) is 4.79 Å². The molecular weight excluding hydrogens is 270 g/mol. The van der Waals surface area contributed by atoms with Gasteiger partial charge in [-0.05, 0) is 17.9 Å². The molecule has 0 aliphatic carbocycles. The Labute approximate surface area is 123 Å². The molecular formula is C14H19N5O2. The molecule has 0 unspecified atom stereocenters. The van der Waals surface area contributed by atoms with E-state index in [4.69, 9.17) is 4.74 Å². The van der Waals surface area contributed by atoms with E-state index >= 15 is 0 Å². The number of ether oxygens (including phenoxy) is 1. The monoisotopic (exact) mass is 289 g/mol. The molecule has 0 saturated carbocycles. The fraction of sp³-hybridized carbons (Fsp3) is 0.429. The summed E-state index contributed by atoms with van der Waals surface area (Å²) in [6, 6.07) is 9.20. The first kappa shape index (κ1) is 15.0. The number of nitrogens with one attached hydrogen (secondary N) is 2. The second-order valence-corrected chi connectivity index (χ2v) is 5.16. The van der Waals surface area contributed by atoms with Crippen molar-refractivity contribution in [1.29, 1.82) is 0 Å². The van der Waals surface area contributed by atoms with Crippen molar-refractivity contribution in [2.24, 2.45) is 5.92 Å². The van der Waals surface area contributed by atoms with Crippen molar-refractivity contribution in [2.75, 3.05) is 0 Å². The first-order chi connectivity index (χ1) is 10.1. The molecule has 0 aliphatic rings. The van der Waals surface area contributed by atoms with Crippen LogP contribution in [0.4, 0.5) is 4.79 Å². The number of aromatic nitrogens is 4. The lowest BCUT2D eigenvalue weighted by atomic mass is 10.0. The molecule has 21 heavy (non-hydrogen) atoms.